The van der Waals surface area contributed by atoms with E-state index < -0.39 is 17.7 Å². The molecule has 0 saturated carbocycles. The summed E-state index contributed by atoms with van der Waals surface area (Å²) >= 11 is 0. The second-order valence-corrected chi connectivity index (χ2v) is 8.03. The Kier molecular flexibility index (Phi) is 7.61. The van der Waals surface area contributed by atoms with Gasteiger partial charge in [0.15, 0.2) is 5.82 Å². The van der Waals surface area contributed by atoms with Gasteiger partial charge in [0.25, 0.3) is 5.91 Å². The number of nitrogens with one attached hydrogen (secondary N) is 2. The SMILES string of the molecule is CNCc1ccc(C(=O)Nc2ccncc2F)cc1-c1cccc(C(=O)OCC2CCCO2)c1. The number of pyridine rings is 1. The molecule has 0 spiro atoms. The zero-order chi connectivity index (χ0) is 23.9. The van der Waals surface area contributed by atoms with Gasteiger partial charge in [-0.05, 0) is 66.9 Å². The fourth-order valence-corrected chi connectivity index (χ4v) is 3.84. The Labute approximate surface area is 197 Å². The van der Waals surface area contributed by atoms with Gasteiger partial charge >= 0.3 is 5.97 Å². The summed E-state index contributed by atoms with van der Waals surface area (Å²) < 4.78 is 24.9. The average Bonchev–Trinajstić information content (AvgIpc) is 3.38. The molecule has 1 fully saturated rings. The fourth-order valence-electron chi connectivity index (χ4n) is 3.84. The second kappa shape index (κ2) is 11.0. The summed E-state index contributed by atoms with van der Waals surface area (Å²) in [7, 11) is 1.83. The summed E-state index contributed by atoms with van der Waals surface area (Å²) in [6, 6.07) is 13.7. The van der Waals surface area contributed by atoms with Crippen LogP contribution in [-0.2, 0) is 16.0 Å². The van der Waals surface area contributed by atoms with Crippen molar-refractivity contribution in [3.63, 3.8) is 0 Å². The summed E-state index contributed by atoms with van der Waals surface area (Å²) in [5.74, 6) is -1.49. The van der Waals surface area contributed by atoms with Gasteiger partial charge < -0.3 is 20.1 Å². The van der Waals surface area contributed by atoms with Crippen molar-refractivity contribution in [2.24, 2.45) is 0 Å². The van der Waals surface area contributed by atoms with E-state index in [0.29, 0.717) is 24.3 Å². The third kappa shape index (κ3) is 5.65. The summed E-state index contributed by atoms with van der Waals surface area (Å²) in [6.45, 7) is 1.49. The Balaban J connectivity index is 1.58. The molecule has 1 unspecified atom stereocenters. The third-order valence-corrected chi connectivity index (χ3v) is 5.59. The molecule has 8 heteroatoms. The lowest BCUT2D eigenvalue weighted by molar-refractivity contribution is 0.0161. The maximum atomic E-state index is 13.9. The van der Waals surface area contributed by atoms with Crippen LogP contribution in [0.3, 0.4) is 0 Å². The topological polar surface area (TPSA) is 89.6 Å². The third-order valence-electron chi connectivity index (χ3n) is 5.59. The van der Waals surface area contributed by atoms with Crippen molar-refractivity contribution in [3.8, 4) is 11.1 Å². The van der Waals surface area contributed by atoms with Crippen LogP contribution in [0, 0.1) is 5.82 Å². The number of benzene rings is 2. The lowest BCUT2D eigenvalue weighted by atomic mass is 9.95. The normalized spacial score (nSPS) is 15.2. The minimum Gasteiger partial charge on any atom is -0.459 e. The average molecular weight is 464 g/mol. The first-order valence-electron chi connectivity index (χ1n) is 11.1. The van der Waals surface area contributed by atoms with Gasteiger partial charge in [0.1, 0.15) is 6.61 Å². The molecule has 1 amide bonds. The van der Waals surface area contributed by atoms with Crippen molar-refractivity contribution >= 4 is 17.6 Å². The Morgan fingerprint density at radius 3 is 2.82 bits per heavy atom. The highest BCUT2D eigenvalue weighted by Gasteiger charge is 2.19. The van der Waals surface area contributed by atoms with Gasteiger partial charge in [-0.3, -0.25) is 9.78 Å². The van der Waals surface area contributed by atoms with Gasteiger partial charge in [-0.2, -0.15) is 0 Å². The molecule has 1 aromatic heterocycles. The number of hydrogen-bond acceptors (Lipinski definition) is 6. The maximum Gasteiger partial charge on any atom is 0.338 e. The van der Waals surface area contributed by atoms with E-state index in [-0.39, 0.29) is 18.4 Å². The molecule has 2 heterocycles. The Hall–Kier alpha value is -3.62. The molecule has 1 aliphatic heterocycles. The van der Waals surface area contributed by atoms with Crippen molar-refractivity contribution in [1.29, 1.82) is 0 Å². The molecule has 0 bridgehead atoms. The fraction of sp³-hybridized carbons (Fsp3) is 0.269. The minimum absolute atomic E-state index is 0.0465. The van der Waals surface area contributed by atoms with Gasteiger partial charge in [-0.1, -0.05) is 18.2 Å². The van der Waals surface area contributed by atoms with E-state index >= 15 is 0 Å². The zero-order valence-corrected chi connectivity index (χ0v) is 18.8. The number of aromatic nitrogens is 1. The van der Waals surface area contributed by atoms with Crippen LogP contribution in [0.25, 0.3) is 11.1 Å². The molecule has 3 aromatic rings. The number of amides is 1. The highest BCUT2D eigenvalue weighted by Crippen LogP contribution is 2.27. The highest BCUT2D eigenvalue weighted by atomic mass is 19.1. The van der Waals surface area contributed by atoms with E-state index in [1.54, 1.807) is 30.3 Å². The first-order chi connectivity index (χ1) is 16.5. The molecule has 1 saturated heterocycles. The number of carbonyl (C=O) groups is 2. The molecule has 2 N–H and O–H groups in total. The Morgan fingerprint density at radius 1 is 1.18 bits per heavy atom. The van der Waals surface area contributed by atoms with Crippen LogP contribution in [0.5, 0.6) is 0 Å². The number of anilines is 1. The van der Waals surface area contributed by atoms with Gasteiger partial charge in [0.05, 0.1) is 23.6 Å². The lowest BCUT2D eigenvalue weighted by Gasteiger charge is -2.14. The summed E-state index contributed by atoms with van der Waals surface area (Å²) in [6.07, 6.45) is 4.27. The van der Waals surface area contributed by atoms with Crippen molar-refractivity contribution in [2.75, 3.05) is 25.6 Å². The highest BCUT2D eigenvalue weighted by molar-refractivity contribution is 6.05. The van der Waals surface area contributed by atoms with Crippen LogP contribution < -0.4 is 10.6 Å². The Bertz CT molecular complexity index is 1180. The largest absolute Gasteiger partial charge is 0.459 e. The monoisotopic (exact) mass is 463 g/mol. The minimum atomic E-state index is -0.614. The van der Waals surface area contributed by atoms with Crippen molar-refractivity contribution in [3.05, 3.63) is 83.4 Å². The van der Waals surface area contributed by atoms with Gasteiger partial charge in [-0.25, -0.2) is 9.18 Å². The van der Waals surface area contributed by atoms with E-state index in [2.05, 4.69) is 15.6 Å². The number of nitrogens with zero attached hydrogens (tertiary/aromatic N) is 1. The molecule has 2 aromatic carbocycles. The smallest absolute Gasteiger partial charge is 0.338 e. The maximum absolute atomic E-state index is 13.9. The van der Waals surface area contributed by atoms with E-state index in [1.165, 1.54) is 12.3 Å². The van der Waals surface area contributed by atoms with Gasteiger partial charge in [0, 0.05) is 24.9 Å². The summed E-state index contributed by atoms with van der Waals surface area (Å²) in [4.78, 5) is 29.1. The number of halogens is 1. The van der Waals surface area contributed by atoms with Crippen LogP contribution in [0.2, 0.25) is 0 Å². The molecule has 176 valence electrons. The van der Waals surface area contributed by atoms with Crippen molar-refractivity contribution < 1.29 is 23.5 Å². The van der Waals surface area contributed by atoms with Crippen LogP contribution in [0.1, 0.15) is 39.1 Å². The quantitative estimate of drug-likeness (QED) is 0.487. The van der Waals surface area contributed by atoms with Crippen molar-refractivity contribution in [1.82, 2.24) is 10.3 Å². The molecular formula is C26H26FN3O4. The number of esters is 1. The number of carbonyl (C=O) groups excluding carboxylic acids is 2. The zero-order valence-electron chi connectivity index (χ0n) is 18.8. The molecule has 4 rings (SSSR count). The van der Waals surface area contributed by atoms with Crippen molar-refractivity contribution in [2.45, 2.75) is 25.5 Å². The van der Waals surface area contributed by atoms with E-state index in [9.17, 15) is 14.0 Å². The number of hydrogen-bond donors (Lipinski definition) is 2. The first-order valence-corrected chi connectivity index (χ1v) is 11.1. The predicted molar refractivity (Wildman–Crippen MR) is 126 cm³/mol. The standard InChI is InChI=1S/C26H26FN3O4/c1-28-14-20-8-7-18(25(31)30-24-9-10-29-15-23(24)27)13-22(20)17-4-2-5-19(12-17)26(32)34-16-21-6-3-11-33-21/h2,4-5,7-10,12-13,15,21,28H,3,6,11,14,16H2,1H3,(H,29,30,31). The van der Waals surface area contributed by atoms with Crippen LogP contribution in [0.15, 0.2) is 60.9 Å². The van der Waals surface area contributed by atoms with E-state index in [4.69, 9.17) is 9.47 Å². The molecule has 0 aliphatic carbocycles. The molecular weight excluding hydrogens is 437 g/mol. The Morgan fingerprint density at radius 2 is 2.06 bits per heavy atom. The molecule has 34 heavy (non-hydrogen) atoms. The van der Waals surface area contributed by atoms with Crippen LogP contribution in [0.4, 0.5) is 10.1 Å². The molecule has 7 nitrogen and oxygen atoms in total. The summed E-state index contributed by atoms with van der Waals surface area (Å²) in [5, 5.41) is 5.69. The summed E-state index contributed by atoms with van der Waals surface area (Å²) in [5.41, 5.74) is 3.32. The predicted octanol–water partition coefficient (Wildman–Crippen LogP) is 4.20. The van der Waals surface area contributed by atoms with Gasteiger partial charge in [-0.15, -0.1) is 0 Å². The number of ether oxygens (including phenoxy) is 2. The molecule has 1 atom stereocenters. The van der Waals surface area contributed by atoms with E-state index in [1.807, 2.05) is 19.2 Å². The van der Waals surface area contributed by atoms with Crippen LogP contribution in [-0.4, -0.2) is 43.2 Å². The van der Waals surface area contributed by atoms with Gasteiger partial charge in [0.2, 0.25) is 0 Å². The first kappa shape index (κ1) is 23.5. The van der Waals surface area contributed by atoms with E-state index in [0.717, 1.165) is 35.7 Å². The second-order valence-electron chi connectivity index (χ2n) is 8.03. The van der Waals surface area contributed by atoms with Crippen LogP contribution >= 0.6 is 0 Å². The number of rotatable bonds is 8. The molecule has 1 aliphatic rings. The molecule has 0 radical (unpaired) electrons. The lowest BCUT2D eigenvalue weighted by Crippen LogP contribution is -2.17.